The molecule has 0 unspecified atom stereocenters. The fourth-order valence-corrected chi connectivity index (χ4v) is 1.80. The van der Waals surface area contributed by atoms with E-state index in [-0.39, 0.29) is 16.7 Å². The Morgan fingerprint density at radius 1 is 1.24 bits per heavy atom. The highest BCUT2D eigenvalue weighted by Crippen LogP contribution is 2.33. The van der Waals surface area contributed by atoms with Crippen LogP contribution in [0.25, 0.3) is 11.1 Å². The number of alkyl halides is 3. The van der Waals surface area contributed by atoms with Crippen molar-refractivity contribution in [3.05, 3.63) is 53.6 Å². The number of pyridine rings is 1. The second-order valence-electron chi connectivity index (χ2n) is 4.12. The van der Waals surface area contributed by atoms with Crippen LogP contribution >= 0.6 is 0 Å². The van der Waals surface area contributed by atoms with Crippen LogP contribution in [0.15, 0.2) is 36.5 Å². The fraction of sp³-hybridized carbons (Fsp3) is 0.143. The summed E-state index contributed by atoms with van der Waals surface area (Å²) in [6.45, 7) is 0. The van der Waals surface area contributed by atoms with E-state index in [2.05, 4.69) is 9.72 Å². The first-order valence-electron chi connectivity index (χ1n) is 5.74. The summed E-state index contributed by atoms with van der Waals surface area (Å²) in [6, 6.07) is 5.15. The van der Waals surface area contributed by atoms with Gasteiger partial charge in [-0.2, -0.15) is 17.6 Å². The molecule has 0 saturated carbocycles. The quantitative estimate of drug-likeness (QED) is 0.482. The molecule has 1 aromatic carbocycles. The Labute approximate surface area is 117 Å². The second kappa shape index (κ2) is 5.51. The van der Waals surface area contributed by atoms with E-state index in [1.165, 1.54) is 12.1 Å². The van der Waals surface area contributed by atoms with Crippen molar-refractivity contribution >= 4 is 5.97 Å². The van der Waals surface area contributed by atoms with E-state index >= 15 is 0 Å². The molecule has 0 N–H and O–H groups in total. The normalized spacial score (nSPS) is 11.3. The Hall–Kier alpha value is -2.44. The average molecular weight is 299 g/mol. The van der Waals surface area contributed by atoms with Gasteiger partial charge < -0.3 is 4.74 Å². The summed E-state index contributed by atoms with van der Waals surface area (Å²) in [5.41, 5.74) is -0.906. The minimum Gasteiger partial charge on any atom is -0.465 e. The zero-order valence-corrected chi connectivity index (χ0v) is 10.7. The molecule has 21 heavy (non-hydrogen) atoms. The molecule has 0 atom stereocenters. The number of hydrogen-bond acceptors (Lipinski definition) is 3. The Morgan fingerprint density at radius 3 is 2.57 bits per heavy atom. The average Bonchev–Trinajstić information content (AvgIpc) is 2.45. The number of carbonyl (C=O) groups excluding carboxylic acids is 1. The third-order valence-electron chi connectivity index (χ3n) is 2.78. The molecular weight excluding hydrogens is 290 g/mol. The Bertz CT molecular complexity index is 683. The van der Waals surface area contributed by atoms with Gasteiger partial charge in [-0.25, -0.2) is 9.78 Å². The molecule has 0 aliphatic rings. The molecule has 2 rings (SSSR count). The second-order valence-corrected chi connectivity index (χ2v) is 4.12. The molecule has 0 saturated heterocycles. The Balaban J connectivity index is 2.59. The van der Waals surface area contributed by atoms with E-state index in [0.29, 0.717) is 0 Å². The van der Waals surface area contributed by atoms with E-state index in [9.17, 15) is 22.4 Å². The lowest BCUT2D eigenvalue weighted by molar-refractivity contribution is -0.137. The molecule has 0 fully saturated rings. The van der Waals surface area contributed by atoms with Crippen LogP contribution in [0.5, 0.6) is 0 Å². The summed E-state index contributed by atoms with van der Waals surface area (Å²) >= 11 is 0. The van der Waals surface area contributed by atoms with Crippen LogP contribution in [0.2, 0.25) is 0 Å². The van der Waals surface area contributed by atoms with Gasteiger partial charge in [0.1, 0.15) is 0 Å². The molecule has 0 bridgehead atoms. The first-order chi connectivity index (χ1) is 9.82. The van der Waals surface area contributed by atoms with E-state index in [1.807, 2.05) is 0 Å². The molecular formula is C14H9F4NO2. The molecule has 0 radical (unpaired) electrons. The summed E-state index contributed by atoms with van der Waals surface area (Å²) in [4.78, 5) is 15.0. The predicted octanol–water partition coefficient (Wildman–Crippen LogP) is 3.69. The van der Waals surface area contributed by atoms with Crippen LogP contribution in [-0.4, -0.2) is 18.1 Å². The van der Waals surface area contributed by atoms with Crippen molar-refractivity contribution in [2.45, 2.75) is 6.18 Å². The monoisotopic (exact) mass is 299 g/mol. The number of nitrogens with zero attached hydrogens (tertiary/aromatic N) is 1. The molecule has 0 aliphatic heterocycles. The highest BCUT2D eigenvalue weighted by atomic mass is 19.4. The minimum atomic E-state index is -4.52. The summed E-state index contributed by atoms with van der Waals surface area (Å²) in [5, 5.41) is 0. The van der Waals surface area contributed by atoms with Crippen molar-refractivity contribution < 1.29 is 27.1 Å². The highest BCUT2D eigenvalue weighted by Gasteiger charge is 2.30. The van der Waals surface area contributed by atoms with Crippen LogP contribution in [0.3, 0.4) is 0 Å². The maximum absolute atomic E-state index is 13.1. The van der Waals surface area contributed by atoms with Gasteiger partial charge in [-0.15, -0.1) is 0 Å². The molecule has 110 valence electrons. The van der Waals surface area contributed by atoms with Crippen molar-refractivity contribution in [2.24, 2.45) is 0 Å². The van der Waals surface area contributed by atoms with E-state index in [0.717, 1.165) is 31.5 Å². The lowest BCUT2D eigenvalue weighted by atomic mass is 10.00. The van der Waals surface area contributed by atoms with E-state index in [1.54, 1.807) is 0 Å². The zero-order valence-electron chi connectivity index (χ0n) is 10.7. The number of carbonyl (C=O) groups is 1. The molecule has 0 spiro atoms. The van der Waals surface area contributed by atoms with Crippen molar-refractivity contribution in [3.63, 3.8) is 0 Å². The predicted molar refractivity (Wildman–Crippen MR) is 66.0 cm³/mol. The van der Waals surface area contributed by atoms with Gasteiger partial charge in [0.2, 0.25) is 5.95 Å². The fourth-order valence-electron chi connectivity index (χ4n) is 1.80. The standard InChI is InChI=1S/C14H9F4NO2/c1-21-13(20)10-6-12(15)19-7-11(10)8-3-2-4-9(5-8)14(16,17)18/h2-7H,1H3. The van der Waals surface area contributed by atoms with Gasteiger partial charge in [0.05, 0.1) is 18.2 Å². The first-order valence-corrected chi connectivity index (χ1v) is 5.74. The van der Waals surface area contributed by atoms with Gasteiger partial charge in [-0.3, -0.25) is 0 Å². The van der Waals surface area contributed by atoms with Crippen molar-refractivity contribution in [2.75, 3.05) is 7.11 Å². The van der Waals surface area contributed by atoms with Crippen LogP contribution in [0.4, 0.5) is 17.6 Å². The van der Waals surface area contributed by atoms with Gasteiger partial charge in [0, 0.05) is 17.8 Å². The number of methoxy groups -OCH3 is 1. The maximum Gasteiger partial charge on any atom is 0.416 e. The van der Waals surface area contributed by atoms with Crippen molar-refractivity contribution in [1.82, 2.24) is 4.98 Å². The van der Waals surface area contributed by atoms with Crippen LogP contribution in [0, 0.1) is 5.95 Å². The SMILES string of the molecule is COC(=O)c1cc(F)ncc1-c1cccc(C(F)(F)F)c1. The third kappa shape index (κ3) is 3.18. The summed E-state index contributed by atoms with van der Waals surface area (Å²) in [5.74, 6) is -1.78. The molecule has 1 aromatic heterocycles. The number of benzene rings is 1. The molecule has 3 nitrogen and oxygen atoms in total. The van der Waals surface area contributed by atoms with Crippen LogP contribution in [0.1, 0.15) is 15.9 Å². The van der Waals surface area contributed by atoms with Gasteiger partial charge >= 0.3 is 12.1 Å². The van der Waals surface area contributed by atoms with Gasteiger partial charge in [-0.05, 0) is 17.7 Å². The lowest BCUT2D eigenvalue weighted by Crippen LogP contribution is -2.07. The van der Waals surface area contributed by atoms with E-state index < -0.39 is 23.7 Å². The molecule has 7 heteroatoms. The Morgan fingerprint density at radius 2 is 1.95 bits per heavy atom. The lowest BCUT2D eigenvalue weighted by Gasteiger charge is -2.11. The van der Waals surface area contributed by atoms with E-state index in [4.69, 9.17) is 0 Å². The number of hydrogen-bond donors (Lipinski definition) is 0. The molecule has 0 amide bonds. The maximum atomic E-state index is 13.1. The molecule has 1 heterocycles. The van der Waals surface area contributed by atoms with Crippen molar-refractivity contribution in [1.29, 1.82) is 0 Å². The van der Waals surface area contributed by atoms with Gasteiger partial charge in [-0.1, -0.05) is 12.1 Å². The minimum absolute atomic E-state index is 0.0642. The topological polar surface area (TPSA) is 39.2 Å². The van der Waals surface area contributed by atoms with Crippen LogP contribution < -0.4 is 0 Å². The van der Waals surface area contributed by atoms with Gasteiger partial charge in [0.15, 0.2) is 0 Å². The number of rotatable bonds is 2. The smallest absolute Gasteiger partial charge is 0.416 e. The van der Waals surface area contributed by atoms with Crippen molar-refractivity contribution in [3.8, 4) is 11.1 Å². The number of esters is 1. The number of ether oxygens (including phenoxy) is 1. The molecule has 0 aliphatic carbocycles. The van der Waals surface area contributed by atoms with Gasteiger partial charge in [0.25, 0.3) is 0 Å². The summed E-state index contributed by atoms with van der Waals surface area (Å²) in [7, 11) is 1.09. The number of aromatic nitrogens is 1. The molecule has 2 aromatic rings. The highest BCUT2D eigenvalue weighted by molar-refractivity contribution is 5.97. The summed E-state index contributed by atoms with van der Waals surface area (Å²) in [6.07, 6.45) is -3.52. The third-order valence-corrected chi connectivity index (χ3v) is 2.78. The largest absolute Gasteiger partial charge is 0.465 e. The Kier molecular flexibility index (Phi) is 3.93. The number of halogens is 4. The summed E-state index contributed by atoms with van der Waals surface area (Å²) < 4.78 is 55.7. The van der Waals surface area contributed by atoms with Crippen LogP contribution in [-0.2, 0) is 10.9 Å². The zero-order chi connectivity index (χ0) is 15.6. The first kappa shape index (κ1) is 15.0.